The molecule has 0 bridgehead atoms. The average molecular weight is 358 g/mol. The highest BCUT2D eigenvalue weighted by molar-refractivity contribution is 5.29. The van der Waals surface area contributed by atoms with Crippen LogP contribution in [0.4, 0.5) is 5.82 Å². The van der Waals surface area contributed by atoms with Crippen LogP contribution in [-0.2, 0) is 23.1 Å². The minimum absolute atomic E-state index is 0.226. The molecule has 2 aliphatic rings. The molecule has 1 spiro atoms. The highest BCUT2D eigenvalue weighted by Gasteiger charge is 2.43. The molecular weight excluding hydrogens is 332 g/mol. The predicted molar refractivity (Wildman–Crippen MR) is 96.6 cm³/mol. The number of nitrogens with zero attached hydrogens (tertiary/aromatic N) is 5. The SMILES string of the molecule is Cn1ccnc1CN1CCOC[C@@]2(C[C@H](CNc3cnccn3)CO2)C1. The molecule has 8 heteroatoms. The van der Waals surface area contributed by atoms with E-state index in [1.165, 1.54) is 0 Å². The lowest BCUT2D eigenvalue weighted by Gasteiger charge is -2.31. The van der Waals surface area contributed by atoms with Crippen molar-refractivity contribution in [2.24, 2.45) is 13.0 Å². The van der Waals surface area contributed by atoms with Crippen LogP contribution >= 0.6 is 0 Å². The smallest absolute Gasteiger partial charge is 0.144 e. The average Bonchev–Trinajstić information content (AvgIpc) is 3.18. The van der Waals surface area contributed by atoms with Crippen molar-refractivity contribution in [2.75, 3.05) is 44.8 Å². The van der Waals surface area contributed by atoms with Crippen molar-refractivity contribution >= 4 is 5.82 Å². The monoisotopic (exact) mass is 358 g/mol. The highest BCUT2D eigenvalue weighted by Crippen LogP contribution is 2.33. The van der Waals surface area contributed by atoms with Crippen molar-refractivity contribution in [1.82, 2.24) is 24.4 Å². The molecule has 2 saturated heterocycles. The van der Waals surface area contributed by atoms with Crippen molar-refractivity contribution in [3.8, 4) is 0 Å². The quantitative estimate of drug-likeness (QED) is 0.852. The number of aromatic nitrogens is 4. The predicted octanol–water partition coefficient (Wildman–Crippen LogP) is 0.930. The van der Waals surface area contributed by atoms with E-state index < -0.39 is 0 Å². The first-order chi connectivity index (χ1) is 12.7. The topological polar surface area (TPSA) is 77.3 Å². The Bertz CT molecular complexity index is 709. The molecule has 26 heavy (non-hydrogen) atoms. The van der Waals surface area contributed by atoms with Crippen molar-refractivity contribution in [2.45, 2.75) is 18.6 Å². The fourth-order valence-corrected chi connectivity index (χ4v) is 3.79. The van der Waals surface area contributed by atoms with Gasteiger partial charge in [-0.2, -0.15) is 0 Å². The fourth-order valence-electron chi connectivity index (χ4n) is 3.79. The van der Waals surface area contributed by atoms with Crippen LogP contribution in [0.3, 0.4) is 0 Å². The zero-order chi connectivity index (χ0) is 17.8. The van der Waals surface area contributed by atoms with Crippen molar-refractivity contribution in [3.05, 3.63) is 36.8 Å². The molecule has 0 unspecified atom stereocenters. The van der Waals surface area contributed by atoms with Crippen LogP contribution in [0.25, 0.3) is 0 Å². The van der Waals surface area contributed by atoms with Gasteiger partial charge < -0.3 is 19.4 Å². The summed E-state index contributed by atoms with van der Waals surface area (Å²) in [7, 11) is 2.03. The van der Waals surface area contributed by atoms with Crippen LogP contribution < -0.4 is 5.32 Å². The maximum atomic E-state index is 6.27. The third kappa shape index (κ3) is 4.03. The summed E-state index contributed by atoms with van der Waals surface area (Å²) in [5.41, 5.74) is -0.226. The summed E-state index contributed by atoms with van der Waals surface area (Å²) in [6.07, 6.45) is 9.94. The molecular formula is C18H26N6O2. The van der Waals surface area contributed by atoms with E-state index in [1.807, 2.05) is 19.4 Å². The summed E-state index contributed by atoms with van der Waals surface area (Å²) in [6, 6.07) is 0. The van der Waals surface area contributed by atoms with E-state index in [0.717, 1.165) is 57.5 Å². The Morgan fingerprint density at radius 1 is 1.31 bits per heavy atom. The molecule has 1 N–H and O–H groups in total. The van der Waals surface area contributed by atoms with E-state index in [2.05, 4.69) is 29.7 Å². The van der Waals surface area contributed by atoms with Crippen LogP contribution in [0.5, 0.6) is 0 Å². The van der Waals surface area contributed by atoms with E-state index in [9.17, 15) is 0 Å². The fraction of sp³-hybridized carbons (Fsp3) is 0.611. The first-order valence-corrected chi connectivity index (χ1v) is 9.13. The summed E-state index contributed by atoms with van der Waals surface area (Å²) in [6.45, 7) is 5.57. The number of hydrogen-bond acceptors (Lipinski definition) is 7. The Balaban J connectivity index is 1.35. The standard InChI is InChI=1S/C18H26N6O2/c1-23-5-4-21-17(23)11-24-6-7-25-14-18(13-24)8-15(12-26-18)9-22-16-10-19-2-3-20-16/h2-5,10,15H,6-9,11-14H2,1H3,(H,20,22)/t15-,18-/m1/s1. The zero-order valence-corrected chi connectivity index (χ0v) is 15.2. The summed E-state index contributed by atoms with van der Waals surface area (Å²) < 4.78 is 14.2. The van der Waals surface area contributed by atoms with Gasteiger partial charge in [0.25, 0.3) is 0 Å². The zero-order valence-electron chi connectivity index (χ0n) is 15.2. The number of anilines is 1. The number of nitrogens with one attached hydrogen (secondary N) is 1. The molecule has 2 aromatic heterocycles. The second-order valence-electron chi connectivity index (χ2n) is 7.25. The third-order valence-corrected chi connectivity index (χ3v) is 5.14. The summed E-state index contributed by atoms with van der Waals surface area (Å²) in [5.74, 6) is 2.32. The van der Waals surface area contributed by atoms with Gasteiger partial charge in [0, 0.05) is 57.4 Å². The van der Waals surface area contributed by atoms with Gasteiger partial charge in [-0.15, -0.1) is 0 Å². The number of ether oxygens (including phenoxy) is 2. The lowest BCUT2D eigenvalue weighted by atomic mass is 9.94. The van der Waals surface area contributed by atoms with Crippen LogP contribution in [-0.4, -0.2) is 69.5 Å². The molecule has 2 atom stereocenters. The Morgan fingerprint density at radius 3 is 3.08 bits per heavy atom. The minimum Gasteiger partial charge on any atom is -0.377 e. The van der Waals surface area contributed by atoms with Crippen LogP contribution in [0.15, 0.2) is 31.0 Å². The second kappa shape index (κ2) is 7.69. The van der Waals surface area contributed by atoms with E-state index in [4.69, 9.17) is 9.47 Å². The van der Waals surface area contributed by atoms with Crippen LogP contribution in [0.2, 0.25) is 0 Å². The third-order valence-electron chi connectivity index (χ3n) is 5.14. The first-order valence-electron chi connectivity index (χ1n) is 9.13. The van der Waals surface area contributed by atoms with Gasteiger partial charge in [-0.1, -0.05) is 0 Å². The Morgan fingerprint density at radius 2 is 2.27 bits per heavy atom. The number of aryl methyl sites for hydroxylation is 1. The van der Waals surface area contributed by atoms with Crippen molar-refractivity contribution < 1.29 is 9.47 Å². The second-order valence-corrected chi connectivity index (χ2v) is 7.25. The van der Waals surface area contributed by atoms with Gasteiger partial charge in [-0.25, -0.2) is 9.97 Å². The van der Waals surface area contributed by atoms with Gasteiger partial charge >= 0.3 is 0 Å². The molecule has 0 aromatic carbocycles. The molecule has 8 nitrogen and oxygen atoms in total. The molecule has 2 aliphatic heterocycles. The largest absolute Gasteiger partial charge is 0.377 e. The van der Waals surface area contributed by atoms with Crippen LogP contribution in [0.1, 0.15) is 12.2 Å². The molecule has 0 radical (unpaired) electrons. The summed E-state index contributed by atoms with van der Waals surface area (Å²) >= 11 is 0. The Labute approximate surface area is 153 Å². The lowest BCUT2D eigenvalue weighted by Crippen LogP contribution is -2.44. The molecule has 4 rings (SSSR count). The maximum Gasteiger partial charge on any atom is 0.144 e. The molecule has 0 saturated carbocycles. The number of rotatable bonds is 5. The summed E-state index contributed by atoms with van der Waals surface area (Å²) in [4.78, 5) is 15.2. The van der Waals surface area contributed by atoms with Gasteiger partial charge in [0.2, 0.25) is 0 Å². The summed E-state index contributed by atoms with van der Waals surface area (Å²) in [5, 5.41) is 3.36. The minimum atomic E-state index is -0.226. The van der Waals surface area contributed by atoms with Gasteiger partial charge in [0.1, 0.15) is 17.2 Å². The van der Waals surface area contributed by atoms with Crippen LogP contribution in [0, 0.1) is 5.92 Å². The van der Waals surface area contributed by atoms with Crippen molar-refractivity contribution in [3.63, 3.8) is 0 Å². The Kier molecular flexibility index (Phi) is 5.14. The van der Waals surface area contributed by atoms with Gasteiger partial charge in [-0.3, -0.25) is 9.88 Å². The van der Waals surface area contributed by atoms with E-state index in [0.29, 0.717) is 12.5 Å². The Hall–Kier alpha value is -2.03. The molecule has 4 heterocycles. The molecule has 140 valence electrons. The van der Waals surface area contributed by atoms with E-state index in [-0.39, 0.29) is 5.60 Å². The lowest BCUT2D eigenvalue weighted by molar-refractivity contribution is -0.0564. The first kappa shape index (κ1) is 17.4. The highest BCUT2D eigenvalue weighted by atomic mass is 16.5. The molecule has 2 aromatic rings. The number of imidazole rings is 1. The molecule has 0 amide bonds. The normalized spacial score (nSPS) is 26.9. The van der Waals surface area contributed by atoms with E-state index in [1.54, 1.807) is 18.6 Å². The van der Waals surface area contributed by atoms with Gasteiger partial charge in [-0.05, 0) is 6.42 Å². The number of hydrogen-bond donors (Lipinski definition) is 1. The van der Waals surface area contributed by atoms with Gasteiger partial charge in [0.15, 0.2) is 0 Å². The maximum absolute atomic E-state index is 6.27. The van der Waals surface area contributed by atoms with Gasteiger partial charge in [0.05, 0.1) is 32.6 Å². The van der Waals surface area contributed by atoms with E-state index >= 15 is 0 Å². The van der Waals surface area contributed by atoms with Crippen molar-refractivity contribution in [1.29, 1.82) is 0 Å². The molecule has 0 aliphatic carbocycles. The molecule has 2 fully saturated rings.